The molecule has 0 aliphatic heterocycles. The van der Waals surface area contributed by atoms with Gasteiger partial charge in [-0.05, 0) is 31.7 Å². The molecule has 0 saturated heterocycles. The Kier molecular flexibility index (Phi) is 5.55. The normalized spacial score (nSPS) is 13.4. The number of aliphatic hydroxyl groups is 1. The Labute approximate surface area is 116 Å². The second-order valence-corrected chi connectivity index (χ2v) is 5.98. The summed E-state index contributed by atoms with van der Waals surface area (Å²) in [5.41, 5.74) is 0.393. The van der Waals surface area contributed by atoms with Gasteiger partial charge in [0.15, 0.2) is 0 Å². The maximum Gasteiger partial charge on any atom is 0.230 e. The van der Waals surface area contributed by atoms with E-state index in [2.05, 4.69) is 19.2 Å². The molecule has 0 saturated carbocycles. The first-order chi connectivity index (χ1) is 8.84. The van der Waals surface area contributed by atoms with Gasteiger partial charge in [0.05, 0.1) is 11.5 Å². The molecule has 1 unspecified atom stereocenters. The fraction of sp³-hybridized carbons (Fsp3) is 0.562. The molecule has 0 radical (unpaired) electrons. The summed E-state index contributed by atoms with van der Waals surface area (Å²) in [5, 5.41) is 12.6. The Hall–Kier alpha value is -1.35. The minimum atomic E-state index is -0.585. The largest absolute Gasteiger partial charge is 0.391 e. The molecule has 0 aliphatic rings. The molecule has 106 valence electrons. The van der Waals surface area contributed by atoms with Gasteiger partial charge in [-0.1, -0.05) is 44.2 Å². The van der Waals surface area contributed by atoms with Gasteiger partial charge in [-0.25, -0.2) is 0 Å². The zero-order valence-corrected chi connectivity index (χ0v) is 12.3. The lowest BCUT2D eigenvalue weighted by molar-refractivity contribution is -0.126. The van der Waals surface area contributed by atoms with E-state index in [9.17, 15) is 9.90 Å². The van der Waals surface area contributed by atoms with Crippen molar-refractivity contribution in [3.8, 4) is 0 Å². The first kappa shape index (κ1) is 15.7. The van der Waals surface area contributed by atoms with E-state index in [0.717, 1.165) is 5.56 Å². The lowest BCUT2D eigenvalue weighted by Crippen LogP contribution is -2.43. The summed E-state index contributed by atoms with van der Waals surface area (Å²) in [7, 11) is 0. The van der Waals surface area contributed by atoms with Crippen molar-refractivity contribution in [3.63, 3.8) is 0 Å². The first-order valence-electron chi connectivity index (χ1n) is 6.86. The van der Waals surface area contributed by atoms with Gasteiger partial charge in [-0.3, -0.25) is 4.79 Å². The zero-order chi connectivity index (χ0) is 14.5. The van der Waals surface area contributed by atoms with Crippen LogP contribution in [0.15, 0.2) is 30.3 Å². The van der Waals surface area contributed by atoms with Crippen LogP contribution in [0.5, 0.6) is 0 Å². The SMILES string of the molecule is CC(C)CC(O)CNC(=O)C(C)(C)c1ccccc1. The summed E-state index contributed by atoms with van der Waals surface area (Å²) in [4.78, 5) is 12.2. The smallest absolute Gasteiger partial charge is 0.230 e. The average Bonchev–Trinajstić information content (AvgIpc) is 2.36. The van der Waals surface area contributed by atoms with Gasteiger partial charge >= 0.3 is 0 Å². The molecule has 0 spiro atoms. The third kappa shape index (κ3) is 4.67. The van der Waals surface area contributed by atoms with Gasteiger partial charge in [-0.2, -0.15) is 0 Å². The van der Waals surface area contributed by atoms with Crippen LogP contribution in [0, 0.1) is 5.92 Å². The summed E-state index contributed by atoms with van der Waals surface area (Å²) in [6, 6.07) is 9.69. The number of amides is 1. The molecule has 0 aliphatic carbocycles. The van der Waals surface area contributed by atoms with E-state index in [4.69, 9.17) is 0 Å². The fourth-order valence-electron chi connectivity index (χ4n) is 2.04. The van der Waals surface area contributed by atoms with Crippen molar-refractivity contribution in [3.05, 3.63) is 35.9 Å². The van der Waals surface area contributed by atoms with Crippen LogP contribution < -0.4 is 5.32 Å². The fourth-order valence-corrected chi connectivity index (χ4v) is 2.04. The van der Waals surface area contributed by atoms with Gasteiger partial charge in [0.2, 0.25) is 5.91 Å². The molecule has 0 bridgehead atoms. The Morgan fingerprint density at radius 3 is 2.37 bits per heavy atom. The predicted molar refractivity (Wildman–Crippen MR) is 77.9 cm³/mol. The van der Waals surface area contributed by atoms with E-state index in [-0.39, 0.29) is 5.91 Å². The van der Waals surface area contributed by atoms with E-state index in [1.807, 2.05) is 44.2 Å². The number of hydrogen-bond acceptors (Lipinski definition) is 2. The Morgan fingerprint density at radius 2 is 1.84 bits per heavy atom. The molecule has 1 aromatic rings. The molecule has 3 heteroatoms. The van der Waals surface area contributed by atoms with E-state index in [0.29, 0.717) is 18.9 Å². The topological polar surface area (TPSA) is 49.3 Å². The number of benzene rings is 1. The van der Waals surface area contributed by atoms with Gasteiger partial charge in [0.25, 0.3) is 0 Å². The third-order valence-corrected chi connectivity index (χ3v) is 3.30. The van der Waals surface area contributed by atoms with Crippen molar-refractivity contribution in [1.82, 2.24) is 5.32 Å². The third-order valence-electron chi connectivity index (χ3n) is 3.30. The Balaban J connectivity index is 2.58. The van der Waals surface area contributed by atoms with Crippen LogP contribution in [0.3, 0.4) is 0 Å². The van der Waals surface area contributed by atoms with Crippen LogP contribution in [0.2, 0.25) is 0 Å². The number of nitrogens with one attached hydrogen (secondary N) is 1. The van der Waals surface area contributed by atoms with Crippen LogP contribution >= 0.6 is 0 Å². The highest BCUT2D eigenvalue weighted by Gasteiger charge is 2.29. The van der Waals surface area contributed by atoms with E-state index < -0.39 is 11.5 Å². The standard InChI is InChI=1S/C16H25NO2/c1-12(2)10-14(18)11-17-15(19)16(3,4)13-8-6-5-7-9-13/h5-9,12,14,18H,10-11H2,1-4H3,(H,17,19). The number of aliphatic hydroxyl groups excluding tert-OH is 1. The highest BCUT2D eigenvalue weighted by molar-refractivity contribution is 5.87. The lowest BCUT2D eigenvalue weighted by atomic mass is 9.83. The number of carbonyl (C=O) groups is 1. The van der Waals surface area contributed by atoms with Crippen LogP contribution in [0.4, 0.5) is 0 Å². The predicted octanol–water partition coefficient (Wildman–Crippen LogP) is 2.49. The molecular formula is C16H25NO2. The molecule has 1 atom stereocenters. The van der Waals surface area contributed by atoms with Gasteiger partial charge in [-0.15, -0.1) is 0 Å². The minimum absolute atomic E-state index is 0.0542. The Morgan fingerprint density at radius 1 is 1.26 bits per heavy atom. The monoisotopic (exact) mass is 263 g/mol. The van der Waals surface area contributed by atoms with Gasteiger partial charge in [0, 0.05) is 6.54 Å². The highest BCUT2D eigenvalue weighted by atomic mass is 16.3. The lowest BCUT2D eigenvalue weighted by Gasteiger charge is -2.25. The quantitative estimate of drug-likeness (QED) is 0.828. The van der Waals surface area contributed by atoms with Crippen molar-refractivity contribution in [2.75, 3.05) is 6.54 Å². The number of hydrogen-bond donors (Lipinski definition) is 2. The summed E-state index contributed by atoms with van der Waals surface area (Å²) < 4.78 is 0. The second-order valence-electron chi connectivity index (χ2n) is 5.98. The van der Waals surface area contributed by atoms with E-state index in [1.165, 1.54) is 0 Å². The highest BCUT2D eigenvalue weighted by Crippen LogP contribution is 2.22. The van der Waals surface area contributed by atoms with Gasteiger partial charge < -0.3 is 10.4 Å². The summed E-state index contributed by atoms with van der Waals surface area (Å²) >= 11 is 0. The summed E-state index contributed by atoms with van der Waals surface area (Å²) in [6.07, 6.45) is 0.224. The van der Waals surface area contributed by atoms with Crippen LogP contribution in [-0.2, 0) is 10.2 Å². The van der Waals surface area contributed by atoms with Crippen molar-refractivity contribution in [2.45, 2.75) is 45.6 Å². The molecular weight excluding hydrogens is 238 g/mol. The average molecular weight is 263 g/mol. The van der Waals surface area contributed by atoms with E-state index >= 15 is 0 Å². The van der Waals surface area contributed by atoms with E-state index in [1.54, 1.807) is 0 Å². The molecule has 1 amide bonds. The molecule has 19 heavy (non-hydrogen) atoms. The van der Waals surface area contributed by atoms with Crippen molar-refractivity contribution >= 4 is 5.91 Å². The second kappa shape index (κ2) is 6.71. The molecule has 0 heterocycles. The molecule has 1 aromatic carbocycles. The van der Waals surface area contributed by atoms with Gasteiger partial charge in [0.1, 0.15) is 0 Å². The van der Waals surface area contributed by atoms with Crippen LogP contribution in [0.25, 0.3) is 0 Å². The van der Waals surface area contributed by atoms with Crippen molar-refractivity contribution in [2.24, 2.45) is 5.92 Å². The molecule has 1 rings (SSSR count). The number of carbonyl (C=O) groups excluding carboxylic acids is 1. The first-order valence-corrected chi connectivity index (χ1v) is 6.86. The maximum atomic E-state index is 12.2. The minimum Gasteiger partial charge on any atom is -0.391 e. The number of rotatable bonds is 6. The summed E-state index contributed by atoms with van der Waals surface area (Å²) in [6.45, 7) is 8.21. The zero-order valence-electron chi connectivity index (χ0n) is 12.3. The maximum absolute atomic E-state index is 12.2. The molecule has 3 nitrogen and oxygen atoms in total. The van der Waals surface area contributed by atoms with Crippen molar-refractivity contribution in [1.29, 1.82) is 0 Å². The van der Waals surface area contributed by atoms with Crippen LogP contribution in [0.1, 0.15) is 39.7 Å². The molecule has 2 N–H and O–H groups in total. The molecule has 0 aromatic heterocycles. The Bertz CT molecular complexity index is 398. The van der Waals surface area contributed by atoms with Crippen LogP contribution in [-0.4, -0.2) is 23.7 Å². The molecule has 0 fully saturated rings. The summed E-state index contributed by atoms with van der Waals surface area (Å²) in [5.74, 6) is 0.371. The van der Waals surface area contributed by atoms with Crippen molar-refractivity contribution < 1.29 is 9.90 Å².